The van der Waals surface area contributed by atoms with Gasteiger partial charge in [0.15, 0.2) is 0 Å². The number of nitrogens with one attached hydrogen (secondary N) is 2. The van der Waals surface area contributed by atoms with Crippen LogP contribution >= 0.6 is 0 Å². The molecule has 1 aliphatic rings. The highest BCUT2D eigenvalue weighted by atomic mass is 16.3. The molecule has 0 spiro atoms. The van der Waals surface area contributed by atoms with E-state index in [1.54, 1.807) is 28.8 Å². The van der Waals surface area contributed by atoms with Crippen molar-refractivity contribution in [3.05, 3.63) is 40.2 Å². The third kappa shape index (κ3) is 7.07. The Hall–Kier alpha value is -2.83. The summed E-state index contributed by atoms with van der Waals surface area (Å²) < 4.78 is 1.56. The van der Waals surface area contributed by atoms with Crippen LogP contribution in [0.1, 0.15) is 94.3 Å². The molecule has 1 aliphatic carbocycles. The quantitative estimate of drug-likeness (QED) is 0.298. The Morgan fingerprint density at radius 2 is 1.61 bits per heavy atom. The summed E-state index contributed by atoms with van der Waals surface area (Å²) in [6, 6.07) is 7.01. The first kappa shape index (κ1) is 24.8. The molecule has 3 N–H and O–H groups in total. The fourth-order valence-electron chi connectivity index (χ4n) is 4.18. The second kappa shape index (κ2) is 12.4. The molecule has 0 saturated heterocycles. The molecule has 1 fully saturated rings. The van der Waals surface area contributed by atoms with Crippen molar-refractivity contribution in [2.75, 3.05) is 0 Å². The van der Waals surface area contributed by atoms with Crippen LogP contribution < -0.4 is 16.4 Å². The molecule has 2 amide bonds. The third-order valence-corrected chi connectivity index (χ3v) is 6.33. The highest BCUT2D eigenvalue weighted by Gasteiger charge is 2.27. The van der Waals surface area contributed by atoms with Crippen molar-refractivity contribution in [1.82, 2.24) is 15.4 Å². The molecular formula is C26H37N3O4. The van der Waals surface area contributed by atoms with E-state index in [9.17, 15) is 19.5 Å². The van der Waals surface area contributed by atoms with Crippen molar-refractivity contribution >= 4 is 22.7 Å². The van der Waals surface area contributed by atoms with Crippen LogP contribution in [0.25, 0.3) is 10.9 Å². The van der Waals surface area contributed by atoms with Gasteiger partial charge < -0.3 is 9.67 Å². The molecule has 0 bridgehead atoms. The summed E-state index contributed by atoms with van der Waals surface area (Å²) in [4.78, 5) is 37.9. The fraction of sp³-hybridized carbons (Fsp3) is 0.577. The van der Waals surface area contributed by atoms with Crippen LogP contribution in [0.4, 0.5) is 0 Å². The van der Waals surface area contributed by atoms with E-state index in [1.807, 2.05) is 0 Å². The van der Waals surface area contributed by atoms with Gasteiger partial charge in [-0.1, -0.05) is 70.4 Å². The first-order chi connectivity index (χ1) is 16.0. The average molecular weight is 456 g/mol. The third-order valence-electron chi connectivity index (χ3n) is 6.33. The standard InChI is InChI=1S/C26H37N3O4/c1-2-3-4-5-6-7-8-9-10-15-22(30)27-28-25(32)23-24(31)20-13-11-12-14-21(20)29(26(23)33)18-19-16-17-19/h11-14,19,31H,2-10,15-18H2,1H3,(H,27,30)(H,28,32). The summed E-state index contributed by atoms with van der Waals surface area (Å²) in [7, 11) is 0. The minimum Gasteiger partial charge on any atom is -0.506 e. The predicted molar refractivity (Wildman–Crippen MR) is 130 cm³/mol. The number of aromatic nitrogens is 1. The van der Waals surface area contributed by atoms with Gasteiger partial charge in [-0.2, -0.15) is 0 Å². The fourth-order valence-corrected chi connectivity index (χ4v) is 4.18. The van der Waals surface area contributed by atoms with Crippen LogP contribution in [-0.2, 0) is 11.3 Å². The molecule has 1 aromatic carbocycles. The van der Waals surface area contributed by atoms with Crippen LogP contribution in [0.5, 0.6) is 5.75 Å². The molecule has 0 atom stereocenters. The van der Waals surface area contributed by atoms with E-state index in [2.05, 4.69) is 17.8 Å². The molecule has 7 nitrogen and oxygen atoms in total. The lowest BCUT2D eigenvalue weighted by molar-refractivity contribution is -0.122. The molecule has 1 heterocycles. The average Bonchev–Trinajstić information content (AvgIpc) is 3.64. The second-order valence-corrected chi connectivity index (χ2v) is 9.18. The van der Waals surface area contributed by atoms with E-state index in [0.29, 0.717) is 29.8 Å². The summed E-state index contributed by atoms with van der Waals surface area (Å²) in [6.07, 6.45) is 12.8. The van der Waals surface area contributed by atoms with Gasteiger partial charge in [-0.25, -0.2) is 0 Å². The van der Waals surface area contributed by atoms with E-state index >= 15 is 0 Å². The number of para-hydroxylation sites is 1. The largest absolute Gasteiger partial charge is 0.506 e. The topological polar surface area (TPSA) is 100 Å². The molecule has 7 heteroatoms. The second-order valence-electron chi connectivity index (χ2n) is 9.18. The zero-order valence-electron chi connectivity index (χ0n) is 19.7. The van der Waals surface area contributed by atoms with E-state index in [-0.39, 0.29) is 17.2 Å². The van der Waals surface area contributed by atoms with Gasteiger partial charge in [-0.3, -0.25) is 25.2 Å². The lowest BCUT2D eigenvalue weighted by Gasteiger charge is -2.15. The van der Waals surface area contributed by atoms with Crippen molar-refractivity contribution in [1.29, 1.82) is 0 Å². The molecule has 2 aromatic rings. The minimum absolute atomic E-state index is 0.301. The maximum atomic E-state index is 13.0. The minimum atomic E-state index is -0.798. The van der Waals surface area contributed by atoms with Gasteiger partial charge in [0.05, 0.1) is 5.52 Å². The number of hydrogen-bond donors (Lipinski definition) is 3. The number of nitrogens with zero attached hydrogens (tertiary/aromatic N) is 1. The van der Waals surface area contributed by atoms with Gasteiger partial charge in [0, 0.05) is 18.4 Å². The zero-order chi connectivity index (χ0) is 23.6. The maximum absolute atomic E-state index is 13.0. The molecule has 1 aromatic heterocycles. The predicted octanol–water partition coefficient (Wildman–Crippen LogP) is 4.80. The van der Waals surface area contributed by atoms with Gasteiger partial charge in [0.1, 0.15) is 11.3 Å². The smallest absolute Gasteiger partial charge is 0.279 e. The van der Waals surface area contributed by atoms with Crippen LogP contribution in [0, 0.1) is 5.92 Å². The van der Waals surface area contributed by atoms with Crippen molar-refractivity contribution < 1.29 is 14.7 Å². The first-order valence-corrected chi connectivity index (χ1v) is 12.5. The van der Waals surface area contributed by atoms with E-state index in [1.165, 1.54) is 38.5 Å². The van der Waals surface area contributed by atoms with Gasteiger partial charge in [-0.15, -0.1) is 0 Å². The highest BCUT2D eigenvalue weighted by Crippen LogP contribution is 2.33. The Labute approximate surface area is 195 Å². The first-order valence-electron chi connectivity index (χ1n) is 12.5. The molecule has 0 aliphatic heterocycles. The monoisotopic (exact) mass is 455 g/mol. The maximum Gasteiger partial charge on any atom is 0.279 e. The van der Waals surface area contributed by atoms with Gasteiger partial charge >= 0.3 is 0 Å². The number of fused-ring (bicyclic) bond motifs is 1. The molecule has 1 saturated carbocycles. The van der Waals surface area contributed by atoms with Crippen LogP contribution in [0.3, 0.4) is 0 Å². The Morgan fingerprint density at radius 1 is 0.970 bits per heavy atom. The Kier molecular flexibility index (Phi) is 9.34. The van der Waals surface area contributed by atoms with E-state index in [4.69, 9.17) is 0 Å². The van der Waals surface area contributed by atoms with Crippen molar-refractivity contribution in [3.63, 3.8) is 0 Å². The summed E-state index contributed by atoms with van der Waals surface area (Å²) in [5.41, 5.74) is 4.43. The summed E-state index contributed by atoms with van der Waals surface area (Å²) in [5.74, 6) is -1.03. The van der Waals surface area contributed by atoms with Crippen molar-refractivity contribution in [2.45, 2.75) is 90.5 Å². The molecule has 0 radical (unpaired) electrons. The van der Waals surface area contributed by atoms with Crippen LogP contribution in [0.2, 0.25) is 0 Å². The zero-order valence-corrected chi connectivity index (χ0v) is 19.7. The number of pyridine rings is 1. The van der Waals surface area contributed by atoms with Gasteiger partial charge in [0.25, 0.3) is 11.5 Å². The number of benzene rings is 1. The van der Waals surface area contributed by atoms with E-state index in [0.717, 1.165) is 32.1 Å². The Morgan fingerprint density at radius 3 is 2.27 bits per heavy atom. The normalized spacial score (nSPS) is 13.2. The molecule has 33 heavy (non-hydrogen) atoms. The lowest BCUT2D eigenvalue weighted by atomic mass is 10.1. The van der Waals surface area contributed by atoms with Crippen molar-refractivity contribution in [2.24, 2.45) is 5.92 Å². The molecule has 3 rings (SSSR count). The number of aromatic hydroxyl groups is 1. The number of carbonyl (C=O) groups is 2. The number of rotatable bonds is 13. The van der Waals surface area contributed by atoms with Crippen LogP contribution in [-0.4, -0.2) is 21.5 Å². The Balaban J connectivity index is 1.50. The van der Waals surface area contributed by atoms with Gasteiger partial charge in [0.2, 0.25) is 5.91 Å². The molecular weight excluding hydrogens is 418 g/mol. The number of hydrazine groups is 1. The van der Waals surface area contributed by atoms with Crippen molar-refractivity contribution in [3.8, 4) is 5.75 Å². The molecule has 0 unspecified atom stereocenters. The SMILES string of the molecule is CCCCCCCCCCCC(=O)NNC(=O)c1c(O)c2ccccc2n(CC2CC2)c1=O. The number of unbranched alkanes of at least 4 members (excludes halogenated alkanes) is 8. The Bertz CT molecular complexity index is 1010. The lowest BCUT2D eigenvalue weighted by Crippen LogP contribution is -2.44. The number of hydrogen-bond acceptors (Lipinski definition) is 4. The summed E-state index contributed by atoms with van der Waals surface area (Å²) >= 11 is 0. The summed E-state index contributed by atoms with van der Waals surface area (Å²) in [5, 5.41) is 11.1. The molecule has 180 valence electrons. The summed E-state index contributed by atoms with van der Waals surface area (Å²) in [6.45, 7) is 2.73. The van der Waals surface area contributed by atoms with Crippen LogP contribution in [0.15, 0.2) is 29.1 Å². The number of amides is 2. The highest BCUT2D eigenvalue weighted by molar-refractivity contribution is 6.02. The number of carbonyl (C=O) groups excluding carboxylic acids is 2. The van der Waals surface area contributed by atoms with Gasteiger partial charge in [-0.05, 0) is 37.3 Å². The van der Waals surface area contributed by atoms with E-state index < -0.39 is 11.5 Å².